The highest BCUT2D eigenvalue weighted by Crippen LogP contribution is 2.40. The van der Waals surface area contributed by atoms with Gasteiger partial charge in [-0.05, 0) is 6.07 Å². The summed E-state index contributed by atoms with van der Waals surface area (Å²) in [6.07, 6.45) is -0.144. The van der Waals surface area contributed by atoms with E-state index in [-0.39, 0.29) is 12.2 Å². The molecule has 0 aliphatic rings. The van der Waals surface area contributed by atoms with Gasteiger partial charge in [-0.15, -0.1) is 0 Å². The predicted molar refractivity (Wildman–Crippen MR) is 59.9 cm³/mol. The second-order valence-corrected chi connectivity index (χ2v) is 4.43. The molecule has 1 rings (SSSR count). The lowest BCUT2D eigenvalue weighted by molar-refractivity contribution is -0.138. The number of halogens is 1. The van der Waals surface area contributed by atoms with Gasteiger partial charge in [0.05, 0.1) is 13.5 Å². The third-order valence-electron chi connectivity index (χ3n) is 2.61. The Hall–Kier alpha value is -1.78. The normalized spacial score (nSPS) is 11.3. The first-order chi connectivity index (χ1) is 7.79. The van der Waals surface area contributed by atoms with Gasteiger partial charge in [0, 0.05) is 11.0 Å². The molecule has 0 heterocycles. The van der Waals surface area contributed by atoms with E-state index in [9.17, 15) is 14.3 Å². The fraction of sp³-hybridized carbons (Fsp3) is 0.417. The highest BCUT2D eigenvalue weighted by Gasteiger charge is 2.29. The summed E-state index contributed by atoms with van der Waals surface area (Å²) in [4.78, 5) is 10.8. The number of carbonyl (C=O) groups is 1. The van der Waals surface area contributed by atoms with Crippen LogP contribution in [0.3, 0.4) is 0 Å². The van der Waals surface area contributed by atoms with Crippen molar-refractivity contribution in [2.24, 2.45) is 0 Å². The number of rotatable bonds is 4. The Labute approximate surface area is 98.7 Å². The van der Waals surface area contributed by atoms with Crippen molar-refractivity contribution < 1.29 is 24.1 Å². The van der Waals surface area contributed by atoms with Gasteiger partial charge in [-0.1, -0.05) is 19.9 Å². The van der Waals surface area contributed by atoms with E-state index in [2.05, 4.69) is 0 Å². The van der Waals surface area contributed by atoms with Gasteiger partial charge in [-0.25, -0.2) is 4.39 Å². The van der Waals surface area contributed by atoms with Gasteiger partial charge in [0.15, 0.2) is 17.3 Å². The Balaban J connectivity index is 3.31. The lowest BCUT2D eigenvalue weighted by atomic mass is 9.81. The first-order valence-corrected chi connectivity index (χ1v) is 5.07. The molecule has 0 spiro atoms. The summed E-state index contributed by atoms with van der Waals surface area (Å²) in [7, 11) is 1.30. The maximum atomic E-state index is 13.2. The molecule has 0 saturated heterocycles. The van der Waals surface area contributed by atoms with E-state index >= 15 is 0 Å². The number of benzene rings is 1. The van der Waals surface area contributed by atoms with E-state index in [1.54, 1.807) is 13.8 Å². The average molecular weight is 242 g/mol. The van der Waals surface area contributed by atoms with E-state index in [1.165, 1.54) is 13.2 Å². The Bertz CT molecular complexity index is 440. The highest BCUT2D eigenvalue weighted by molar-refractivity contribution is 5.69. The molecule has 94 valence electrons. The van der Waals surface area contributed by atoms with Crippen molar-refractivity contribution >= 4 is 5.97 Å². The topological polar surface area (TPSA) is 66.8 Å². The molecule has 0 aliphatic carbocycles. The maximum Gasteiger partial charge on any atom is 0.304 e. The van der Waals surface area contributed by atoms with Crippen LogP contribution in [0.2, 0.25) is 0 Å². The summed E-state index contributed by atoms with van der Waals surface area (Å²) in [6.45, 7) is 3.38. The molecule has 0 aromatic heterocycles. The Morgan fingerprint density at radius 1 is 1.47 bits per heavy atom. The highest BCUT2D eigenvalue weighted by atomic mass is 19.1. The standard InChI is InChI=1S/C12H15FO4/c1-12(2,6-9(14)15)7-4-5-8(13)10(16)11(7)17-3/h4-5,16H,6H2,1-3H3,(H,14,15). The zero-order valence-electron chi connectivity index (χ0n) is 9.95. The van der Waals surface area contributed by atoms with Gasteiger partial charge in [0.25, 0.3) is 0 Å². The smallest absolute Gasteiger partial charge is 0.304 e. The lowest BCUT2D eigenvalue weighted by Gasteiger charge is -2.25. The summed E-state index contributed by atoms with van der Waals surface area (Å²) in [5.41, 5.74) is -0.302. The minimum Gasteiger partial charge on any atom is -0.502 e. The third-order valence-corrected chi connectivity index (χ3v) is 2.61. The predicted octanol–water partition coefficient (Wildman–Crippen LogP) is 2.29. The minimum absolute atomic E-state index is 0.0174. The van der Waals surface area contributed by atoms with Crippen molar-refractivity contribution in [1.82, 2.24) is 0 Å². The van der Waals surface area contributed by atoms with Crippen LogP contribution in [-0.4, -0.2) is 23.3 Å². The first kappa shape index (κ1) is 13.3. The molecule has 0 aliphatic heterocycles. The van der Waals surface area contributed by atoms with Crippen molar-refractivity contribution in [1.29, 1.82) is 0 Å². The van der Waals surface area contributed by atoms with Crippen molar-refractivity contribution in [2.75, 3.05) is 7.11 Å². The van der Waals surface area contributed by atoms with Gasteiger partial charge in [0.1, 0.15) is 0 Å². The van der Waals surface area contributed by atoms with E-state index in [4.69, 9.17) is 9.84 Å². The zero-order chi connectivity index (χ0) is 13.2. The van der Waals surface area contributed by atoms with Crippen LogP contribution in [0, 0.1) is 5.82 Å². The number of ether oxygens (including phenoxy) is 1. The van der Waals surface area contributed by atoms with Gasteiger partial charge >= 0.3 is 5.97 Å². The van der Waals surface area contributed by atoms with Crippen LogP contribution in [0.15, 0.2) is 12.1 Å². The van der Waals surface area contributed by atoms with Crippen LogP contribution in [0.25, 0.3) is 0 Å². The SMILES string of the molecule is COc1c(C(C)(C)CC(=O)O)ccc(F)c1O. The quantitative estimate of drug-likeness (QED) is 0.850. The van der Waals surface area contributed by atoms with Gasteiger partial charge in [0.2, 0.25) is 0 Å². The summed E-state index contributed by atoms with van der Waals surface area (Å²) >= 11 is 0. The summed E-state index contributed by atoms with van der Waals surface area (Å²) in [5, 5.41) is 18.3. The molecule has 17 heavy (non-hydrogen) atoms. The minimum atomic E-state index is -0.971. The van der Waals surface area contributed by atoms with Crippen LogP contribution in [0.5, 0.6) is 11.5 Å². The number of phenols is 1. The molecule has 0 unspecified atom stereocenters. The van der Waals surface area contributed by atoms with Gasteiger partial charge < -0.3 is 14.9 Å². The number of methoxy groups -OCH3 is 1. The molecule has 0 bridgehead atoms. The summed E-state index contributed by atoms with van der Waals surface area (Å²) < 4.78 is 18.1. The number of hydrogen-bond acceptors (Lipinski definition) is 3. The van der Waals surface area contributed by atoms with Crippen LogP contribution in [0.4, 0.5) is 4.39 Å². The molecular weight excluding hydrogens is 227 g/mol. The van der Waals surface area contributed by atoms with Crippen molar-refractivity contribution in [3.8, 4) is 11.5 Å². The van der Waals surface area contributed by atoms with Crippen molar-refractivity contribution in [2.45, 2.75) is 25.7 Å². The summed E-state index contributed by atoms with van der Waals surface area (Å²) in [6, 6.07) is 2.52. The molecule has 4 nitrogen and oxygen atoms in total. The Morgan fingerprint density at radius 3 is 2.53 bits per heavy atom. The molecule has 1 aromatic carbocycles. The molecule has 1 aromatic rings. The number of aromatic hydroxyl groups is 1. The van der Waals surface area contributed by atoms with Crippen LogP contribution < -0.4 is 4.74 Å². The Morgan fingerprint density at radius 2 is 2.06 bits per heavy atom. The lowest BCUT2D eigenvalue weighted by Crippen LogP contribution is -2.22. The number of carboxylic acids is 1. The van der Waals surface area contributed by atoms with E-state index < -0.39 is 23.0 Å². The maximum absolute atomic E-state index is 13.2. The van der Waals surface area contributed by atoms with E-state index in [1.807, 2.05) is 0 Å². The van der Waals surface area contributed by atoms with Gasteiger partial charge in [-0.3, -0.25) is 4.79 Å². The molecule has 2 N–H and O–H groups in total. The summed E-state index contributed by atoms with van der Waals surface area (Å²) in [5.74, 6) is -2.38. The number of aliphatic carboxylic acids is 1. The molecule has 0 radical (unpaired) electrons. The molecule has 0 fully saturated rings. The molecule has 5 heteroatoms. The first-order valence-electron chi connectivity index (χ1n) is 5.07. The largest absolute Gasteiger partial charge is 0.502 e. The van der Waals surface area contributed by atoms with Crippen LogP contribution in [-0.2, 0) is 10.2 Å². The fourth-order valence-electron chi connectivity index (χ4n) is 1.76. The second-order valence-electron chi connectivity index (χ2n) is 4.43. The molecular formula is C12H15FO4. The number of hydrogen-bond donors (Lipinski definition) is 2. The van der Waals surface area contributed by atoms with E-state index in [0.29, 0.717) is 5.56 Å². The third kappa shape index (κ3) is 2.67. The van der Waals surface area contributed by atoms with Crippen molar-refractivity contribution in [3.63, 3.8) is 0 Å². The molecule has 0 saturated carbocycles. The zero-order valence-corrected chi connectivity index (χ0v) is 9.95. The number of carboxylic acid groups (broad SMARTS) is 1. The van der Waals surface area contributed by atoms with Crippen molar-refractivity contribution in [3.05, 3.63) is 23.5 Å². The second kappa shape index (κ2) is 4.61. The average Bonchev–Trinajstić information content (AvgIpc) is 2.19. The Kier molecular flexibility index (Phi) is 3.60. The fourth-order valence-corrected chi connectivity index (χ4v) is 1.76. The molecule has 0 amide bonds. The van der Waals surface area contributed by atoms with Crippen LogP contribution in [0.1, 0.15) is 25.8 Å². The number of phenolic OH excluding ortho intramolecular Hbond substituents is 1. The monoisotopic (exact) mass is 242 g/mol. The van der Waals surface area contributed by atoms with E-state index in [0.717, 1.165) is 6.07 Å². The molecule has 0 atom stereocenters. The van der Waals surface area contributed by atoms with Crippen LogP contribution >= 0.6 is 0 Å². The van der Waals surface area contributed by atoms with Gasteiger partial charge in [-0.2, -0.15) is 0 Å².